The van der Waals surface area contributed by atoms with E-state index in [1.54, 1.807) is 42.5 Å². The molecule has 0 unspecified atom stereocenters. The third-order valence-electron chi connectivity index (χ3n) is 4.86. The third kappa shape index (κ3) is 6.29. The molecule has 0 aliphatic rings. The van der Waals surface area contributed by atoms with Crippen LogP contribution in [-0.4, -0.2) is 31.1 Å². The first-order chi connectivity index (χ1) is 16.3. The molecule has 0 atom stereocenters. The van der Waals surface area contributed by atoms with Crippen LogP contribution in [0.15, 0.2) is 65.8 Å². The predicted molar refractivity (Wildman–Crippen MR) is 129 cm³/mol. The minimum atomic E-state index is -0.910. The summed E-state index contributed by atoms with van der Waals surface area (Å²) in [5.74, 6) is -1.70. The standard InChI is InChI=1S/C26H25N3O5/c1-16-6-5-7-20(13-16)26(32)34-22-11-9-19(14-23(22)33-4)15-27-29-25(31)24(30)28-21-10-8-17(2)12-18(21)3/h5-15H,1-4H3,(H,28,30)(H,29,31). The quantitative estimate of drug-likeness (QED) is 0.191. The fraction of sp³-hybridized carbons (Fsp3) is 0.154. The second kappa shape index (κ2) is 10.9. The zero-order chi connectivity index (χ0) is 24.7. The Balaban J connectivity index is 1.61. The maximum atomic E-state index is 12.4. The summed E-state index contributed by atoms with van der Waals surface area (Å²) in [6.07, 6.45) is 1.34. The highest BCUT2D eigenvalue weighted by Gasteiger charge is 2.15. The van der Waals surface area contributed by atoms with Crippen molar-refractivity contribution in [2.45, 2.75) is 20.8 Å². The van der Waals surface area contributed by atoms with E-state index in [2.05, 4.69) is 15.8 Å². The number of carbonyl (C=O) groups is 3. The van der Waals surface area contributed by atoms with Crippen LogP contribution in [0.3, 0.4) is 0 Å². The summed E-state index contributed by atoms with van der Waals surface area (Å²) in [7, 11) is 1.44. The smallest absolute Gasteiger partial charge is 0.343 e. The van der Waals surface area contributed by atoms with Gasteiger partial charge in [0.1, 0.15) is 0 Å². The van der Waals surface area contributed by atoms with Crippen molar-refractivity contribution in [3.05, 3.63) is 88.5 Å². The van der Waals surface area contributed by atoms with Crippen LogP contribution in [0.2, 0.25) is 0 Å². The molecule has 2 amide bonds. The second-order valence-electron chi connectivity index (χ2n) is 7.64. The SMILES string of the molecule is COc1cc(C=NNC(=O)C(=O)Nc2ccc(C)cc2C)ccc1OC(=O)c1cccc(C)c1. The molecule has 174 valence electrons. The number of methoxy groups -OCH3 is 1. The van der Waals surface area contributed by atoms with Crippen molar-refractivity contribution in [2.24, 2.45) is 5.10 Å². The maximum absolute atomic E-state index is 12.4. The Labute approximate surface area is 197 Å². The van der Waals surface area contributed by atoms with Gasteiger partial charge in [-0.1, -0.05) is 35.4 Å². The van der Waals surface area contributed by atoms with Crippen molar-refractivity contribution in [3.8, 4) is 11.5 Å². The lowest BCUT2D eigenvalue weighted by atomic mass is 10.1. The Morgan fingerprint density at radius 3 is 2.32 bits per heavy atom. The summed E-state index contributed by atoms with van der Waals surface area (Å²) in [5.41, 5.74) is 6.56. The topological polar surface area (TPSA) is 106 Å². The molecule has 0 fully saturated rings. The van der Waals surface area contributed by atoms with Crippen LogP contribution in [0.1, 0.15) is 32.6 Å². The normalized spacial score (nSPS) is 10.6. The van der Waals surface area contributed by atoms with Crippen LogP contribution < -0.4 is 20.2 Å². The van der Waals surface area contributed by atoms with E-state index in [1.807, 2.05) is 39.0 Å². The van der Waals surface area contributed by atoms with Crippen molar-refractivity contribution >= 4 is 29.7 Å². The fourth-order valence-electron chi connectivity index (χ4n) is 3.13. The van der Waals surface area contributed by atoms with Crippen molar-refractivity contribution in [3.63, 3.8) is 0 Å². The average molecular weight is 460 g/mol. The van der Waals surface area contributed by atoms with Gasteiger partial charge in [0.25, 0.3) is 0 Å². The number of hydrogen-bond acceptors (Lipinski definition) is 6. The first kappa shape index (κ1) is 24.2. The molecule has 0 saturated heterocycles. The summed E-state index contributed by atoms with van der Waals surface area (Å²) < 4.78 is 10.8. The lowest BCUT2D eigenvalue weighted by Gasteiger charge is -2.10. The van der Waals surface area contributed by atoms with Crippen LogP contribution in [0.5, 0.6) is 11.5 Å². The number of rotatable bonds is 6. The third-order valence-corrected chi connectivity index (χ3v) is 4.86. The summed E-state index contributed by atoms with van der Waals surface area (Å²) in [4.78, 5) is 36.6. The molecule has 3 rings (SSSR count). The van der Waals surface area contributed by atoms with Crippen LogP contribution in [0.25, 0.3) is 0 Å². The molecule has 0 bridgehead atoms. The minimum Gasteiger partial charge on any atom is -0.493 e. The number of nitrogens with zero attached hydrogens (tertiary/aromatic N) is 1. The van der Waals surface area contributed by atoms with Gasteiger partial charge in [-0.15, -0.1) is 0 Å². The second-order valence-corrected chi connectivity index (χ2v) is 7.64. The van der Waals surface area contributed by atoms with E-state index in [0.717, 1.165) is 16.7 Å². The van der Waals surface area contributed by atoms with E-state index in [-0.39, 0.29) is 5.75 Å². The van der Waals surface area contributed by atoms with Gasteiger partial charge in [0, 0.05) is 5.69 Å². The number of aryl methyl sites for hydroxylation is 3. The zero-order valence-electron chi connectivity index (χ0n) is 19.3. The first-order valence-corrected chi connectivity index (χ1v) is 10.5. The number of hydrogen-bond donors (Lipinski definition) is 2. The van der Waals surface area contributed by atoms with Gasteiger partial charge < -0.3 is 14.8 Å². The molecule has 0 aliphatic carbocycles. The molecule has 0 aliphatic heterocycles. The monoisotopic (exact) mass is 459 g/mol. The minimum absolute atomic E-state index is 0.239. The van der Waals surface area contributed by atoms with Gasteiger partial charge in [0.2, 0.25) is 0 Å². The lowest BCUT2D eigenvalue weighted by molar-refractivity contribution is -0.136. The summed E-state index contributed by atoms with van der Waals surface area (Å²) in [6.45, 7) is 5.67. The maximum Gasteiger partial charge on any atom is 0.343 e. The predicted octanol–water partition coefficient (Wildman–Crippen LogP) is 3.93. The van der Waals surface area contributed by atoms with Crippen molar-refractivity contribution in [1.82, 2.24) is 5.43 Å². The number of hydrazone groups is 1. The molecule has 0 heterocycles. The number of carbonyl (C=O) groups excluding carboxylic acids is 3. The molecule has 8 heteroatoms. The fourth-order valence-corrected chi connectivity index (χ4v) is 3.13. The Bertz CT molecular complexity index is 1270. The highest BCUT2D eigenvalue weighted by molar-refractivity contribution is 6.39. The number of esters is 1. The summed E-state index contributed by atoms with van der Waals surface area (Å²) in [6, 6.07) is 17.3. The molecular weight excluding hydrogens is 434 g/mol. The number of ether oxygens (including phenoxy) is 2. The van der Waals surface area contributed by atoms with Crippen LogP contribution >= 0.6 is 0 Å². The van der Waals surface area contributed by atoms with Crippen LogP contribution in [0.4, 0.5) is 5.69 Å². The summed E-state index contributed by atoms with van der Waals surface area (Å²) >= 11 is 0. The molecule has 3 aromatic carbocycles. The first-order valence-electron chi connectivity index (χ1n) is 10.5. The molecule has 34 heavy (non-hydrogen) atoms. The van der Waals surface area contributed by atoms with Gasteiger partial charge in [-0.05, 0) is 68.3 Å². The number of benzene rings is 3. The van der Waals surface area contributed by atoms with E-state index in [1.165, 1.54) is 13.3 Å². The largest absolute Gasteiger partial charge is 0.493 e. The van der Waals surface area contributed by atoms with E-state index in [4.69, 9.17) is 9.47 Å². The Morgan fingerprint density at radius 2 is 1.62 bits per heavy atom. The highest BCUT2D eigenvalue weighted by Crippen LogP contribution is 2.28. The zero-order valence-corrected chi connectivity index (χ0v) is 19.3. The number of nitrogens with one attached hydrogen (secondary N) is 2. The van der Waals surface area contributed by atoms with Gasteiger partial charge in [-0.2, -0.15) is 5.10 Å². The lowest BCUT2D eigenvalue weighted by Crippen LogP contribution is -2.32. The van der Waals surface area contributed by atoms with E-state index in [0.29, 0.717) is 22.6 Å². The van der Waals surface area contributed by atoms with Gasteiger partial charge in [-0.3, -0.25) is 9.59 Å². The summed E-state index contributed by atoms with van der Waals surface area (Å²) in [5, 5.41) is 6.37. The van der Waals surface area contributed by atoms with E-state index >= 15 is 0 Å². The van der Waals surface area contributed by atoms with E-state index < -0.39 is 17.8 Å². The van der Waals surface area contributed by atoms with Gasteiger partial charge in [0.05, 0.1) is 18.9 Å². The van der Waals surface area contributed by atoms with Gasteiger partial charge in [-0.25, -0.2) is 10.2 Å². The van der Waals surface area contributed by atoms with Gasteiger partial charge in [0.15, 0.2) is 11.5 Å². The number of amides is 2. The van der Waals surface area contributed by atoms with Crippen molar-refractivity contribution in [1.29, 1.82) is 0 Å². The molecular formula is C26H25N3O5. The van der Waals surface area contributed by atoms with Crippen molar-refractivity contribution in [2.75, 3.05) is 12.4 Å². The number of anilines is 1. The Morgan fingerprint density at radius 1 is 0.853 bits per heavy atom. The molecule has 2 N–H and O–H groups in total. The van der Waals surface area contributed by atoms with Crippen LogP contribution in [-0.2, 0) is 9.59 Å². The molecule has 0 spiro atoms. The Hall–Kier alpha value is -4.46. The van der Waals surface area contributed by atoms with Gasteiger partial charge >= 0.3 is 17.8 Å². The Kier molecular flexibility index (Phi) is 7.76. The highest BCUT2D eigenvalue weighted by atomic mass is 16.6. The van der Waals surface area contributed by atoms with E-state index in [9.17, 15) is 14.4 Å². The molecule has 3 aromatic rings. The van der Waals surface area contributed by atoms with Crippen LogP contribution in [0, 0.1) is 20.8 Å². The van der Waals surface area contributed by atoms with Crippen molar-refractivity contribution < 1.29 is 23.9 Å². The molecule has 8 nitrogen and oxygen atoms in total. The molecule has 0 aromatic heterocycles. The molecule has 0 radical (unpaired) electrons. The molecule has 0 saturated carbocycles. The average Bonchev–Trinajstić information content (AvgIpc) is 2.81.